The average molecular weight is 347 g/mol. The van der Waals surface area contributed by atoms with Gasteiger partial charge in [0.25, 0.3) is 0 Å². The molecule has 2 aromatic rings. The van der Waals surface area contributed by atoms with Crippen LogP contribution in [0.15, 0.2) is 16.0 Å². The van der Waals surface area contributed by atoms with Gasteiger partial charge in [0.15, 0.2) is 10.9 Å². The molecule has 0 amide bonds. The highest BCUT2D eigenvalue weighted by Crippen LogP contribution is 2.23. The summed E-state index contributed by atoms with van der Waals surface area (Å²) in [6.45, 7) is 10.9. The van der Waals surface area contributed by atoms with Crippen LogP contribution in [0.25, 0.3) is 0 Å². The Balaban J connectivity index is 2.16. The molecule has 0 unspecified atom stereocenters. The molecule has 1 aromatic carbocycles. The fourth-order valence-electron chi connectivity index (χ4n) is 2.64. The van der Waals surface area contributed by atoms with Crippen molar-refractivity contribution >= 4 is 17.5 Å². The lowest BCUT2D eigenvalue weighted by Gasteiger charge is -2.13. The van der Waals surface area contributed by atoms with Crippen molar-refractivity contribution in [3.05, 3.63) is 44.4 Å². The molecule has 0 fully saturated rings. The SMILES string of the molecule is CCCCn1c(SCC(=O)c2cc(C)c(C)c(C)c2C)n[nH]c1=O. The topological polar surface area (TPSA) is 67.8 Å². The van der Waals surface area contributed by atoms with Gasteiger partial charge in [-0.15, -0.1) is 5.10 Å². The largest absolute Gasteiger partial charge is 0.343 e. The Bertz CT molecular complexity index is 805. The first-order valence-corrected chi connectivity index (χ1v) is 9.24. The summed E-state index contributed by atoms with van der Waals surface area (Å²) in [6, 6.07) is 1.97. The lowest BCUT2D eigenvalue weighted by Crippen LogP contribution is -2.18. The number of aryl methyl sites for hydroxylation is 1. The van der Waals surface area contributed by atoms with E-state index >= 15 is 0 Å². The number of carbonyl (C=O) groups excluding carboxylic acids is 1. The van der Waals surface area contributed by atoms with E-state index in [-0.39, 0.29) is 17.2 Å². The maximum Gasteiger partial charge on any atom is 0.343 e. The van der Waals surface area contributed by atoms with Crippen molar-refractivity contribution in [2.75, 3.05) is 5.75 Å². The van der Waals surface area contributed by atoms with E-state index in [9.17, 15) is 9.59 Å². The Morgan fingerprint density at radius 1 is 1.21 bits per heavy atom. The maximum atomic E-state index is 12.6. The summed E-state index contributed by atoms with van der Waals surface area (Å²) in [7, 11) is 0. The van der Waals surface area contributed by atoms with E-state index < -0.39 is 0 Å². The number of nitrogens with one attached hydrogen (secondary N) is 1. The molecular formula is C18H25N3O2S. The molecule has 24 heavy (non-hydrogen) atoms. The third kappa shape index (κ3) is 3.80. The molecule has 0 radical (unpaired) electrons. The molecule has 130 valence electrons. The van der Waals surface area contributed by atoms with Crippen LogP contribution in [0.4, 0.5) is 0 Å². The molecule has 0 aliphatic rings. The molecule has 0 spiro atoms. The van der Waals surface area contributed by atoms with E-state index in [0.29, 0.717) is 11.7 Å². The van der Waals surface area contributed by atoms with Crippen molar-refractivity contribution in [3.8, 4) is 0 Å². The lowest BCUT2D eigenvalue weighted by atomic mass is 9.93. The first kappa shape index (κ1) is 18.5. The molecule has 2 rings (SSSR count). The second-order valence-electron chi connectivity index (χ2n) is 6.14. The highest BCUT2D eigenvalue weighted by Gasteiger charge is 2.16. The van der Waals surface area contributed by atoms with Gasteiger partial charge in [0.2, 0.25) is 0 Å². The van der Waals surface area contributed by atoms with Crippen molar-refractivity contribution < 1.29 is 4.79 Å². The third-order valence-electron chi connectivity index (χ3n) is 4.57. The summed E-state index contributed by atoms with van der Waals surface area (Å²) in [6.07, 6.45) is 1.91. The highest BCUT2D eigenvalue weighted by molar-refractivity contribution is 7.99. The van der Waals surface area contributed by atoms with Gasteiger partial charge in [0, 0.05) is 12.1 Å². The minimum absolute atomic E-state index is 0.0705. The number of hydrogen-bond acceptors (Lipinski definition) is 4. The quantitative estimate of drug-likeness (QED) is 0.614. The Kier molecular flexibility index (Phi) is 6.04. The molecule has 0 atom stereocenters. The van der Waals surface area contributed by atoms with E-state index in [1.165, 1.54) is 22.9 Å². The van der Waals surface area contributed by atoms with Gasteiger partial charge >= 0.3 is 5.69 Å². The lowest BCUT2D eigenvalue weighted by molar-refractivity contribution is 0.102. The number of rotatable bonds is 7. The number of unbranched alkanes of at least 4 members (excludes halogenated alkanes) is 1. The first-order chi connectivity index (χ1) is 11.4. The van der Waals surface area contributed by atoms with Gasteiger partial charge in [-0.3, -0.25) is 9.36 Å². The van der Waals surface area contributed by atoms with Gasteiger partial charge in [0.1, 0.15) is 0 Å². The second kappa shape index (κ2) is 7.83. The molecule has 1 aromatic heterocycles. The van der Waals surface area contributed by atoms with E-state index in [4.69, 9.17) is 0 Å². The fourth-order valence-corrected chi connectivity index (χ4v) is 3.49. The molecule has 1 heterocycles. The van der Waals surface area contributed by atoms with Crippen LogP contribution in [-0.2, 0) is 6.54 Å². The minimum Gasteiger partial charge on any atom is -0.293 e. The first-order valence-electron chi connectivity index (χ1n) is 8.25. The number of aromatic amines is 1. The molecular weight excluding hydrogens is 322 g/mol. The summed E-state index contributed by atoms with van der Waals surface area (Å²) in [4.78, 5) is 24.4. The second-order valence-corrected chi connectivity index (χ2v) is 7.09. The smallest absolute Gasteiger partial charge is 0.293 e. The van der Waals surface area contributed by atoms with Crippen LogP contribution >= 0.6 is 11.8 Å². The van der Waals surface area contributed by atoms with Crippen LogP contribution in [0, 0.1) is 27.7 Å². The Morgan fingerprint density at radius 2 is 1.92 bits per heavy atom. The van der Waals surface area contributed by atoms with Crippen LogP contribution in [0.1, 0.15) is 52.4 Å². The van der Waals surface area contributed by atoms with E-state index in [0.717, 1.165) is 29.5 Å². The summed E-state index contributed by atoms with van der Waals surface area (Å²) < 4.78 is 1.61. The molecule has 0 bridgehead atoms. The molecule has 6 heteroatoms. The van der Waals surface area contributed by atoms with Gasteiger partial charge in [-0.25, -0.2) is 9.89 Å². The van der Waals surface area contributed by atoms with Crippen LogP contribution in [0.2, 0.25) is 0 Å². The number of aromatic nitrogens is 3. The average Bonchev–Trinajstić information content (AvgIpc) is 2.92. The van der Waals surface area contributed by atoms with Crippen LogP contribution in [0.5, 0.6) is 0 Å². The van der Waals surface area contributed by atoms with Gasteiger partial charge in [-0.1, -0.05) is 25.1 Å². The van der Waals surface area contributed by atoms with Crippen molar-refractivity contribution in [1.82, 2.24) is 14.8 Å². The molecule has 5 nitrogen and oxygen atoms in total. The molecule has 0 saturated carbocycles. The van der Waals surface area contributed by atoms with Crippen molar-refractivity contribution in [2.24, 2.45) is 0 Å². The number of hydrogen-bond donors (Lipinski definition) is 1. The fraction of sp³-hybridized carbons (Fsp3) is 0.500. The van der Waals surface area contributed by atoms with Gasteiger partial charge in [-0.2, -0.15) is 0 Å². The summed E-state index contributed by atoms with van der Waals surface area (Å²) >= 11 is 1.32. The number of H-pyrrole nitrogens is 1. The Hall–Kier alpha value is -1.82. The summed E-state index contributed by atoms with van der Waals surface area (Å²) in [5, 5.41) is 7.10. The number of benzene rings is 1. The number of Topliss-reactive ketones (excluding diaryl/α,β-unsaturated/α-hetero) is 1. The summed E-state index contributed by atoms with van der Waals surface area (Å²) in [5.41, 5.74) is 5.12. The summed E-state index contributed by atoms with van der Waals surface area (Å²) in [5.74, 6) is 0.348. The standard InChI is InChI=1S/C18H25N3O2S/c1-6-7-8-21-17(23)19-20-18(21)24-10-16(22)15-9-11(2)12(3)13(4)14(15)5/h9H,6-8,10H2,1-5H3,(H,19,23). The van der Waals surface area contributed by atoms with Crippen LogP contribution < -0.4 is 5.69 Å². The van der Waals surface area contributed by atoms with Crippen molar-refractivity contribution in [1.29, 1.82) is 0 Å². The van der Waals surface area contributed by atoms with E-state index in [2.05, 4.69) is 31.0 Å². The molecule has 0 aliphatic heterocycles. The van der Waals surface area contributed by atoms with Crippen molar-refractivity contribution in [3.63, 3.8) is 0 Å². The minimum atomic E-state index is -0.211. The van der Waals surface area contributed by atoms with Gasteiger partial charge in [0.05, 0.1) is 5.75 Å². The zero-order chi connectivity index (χ0) is 17.9. The van der Waals surface area contributed by atoms with Gasteiger partial charge < -0.3 is 0 Å². The monoisotopic (exact) mass is 347 g/mol. The van der Waals surface area contributed by atoms with Crippen LogP contribution in [0.3, 0.4) is 0 Å². The zero-order valence-electron chi connectivity index (χ0n) is 15.0. The molecule has 1 N–H and O–H groups in total. The highest BCUT2D eigenvalue weighted by atomic mass is 32.2. The molecule has 0 aliphatic carbocycles. The predicted octanol–water partition coefficient (Wildman–Crippen LogP) is 3.58. The maximum absolute atomic E-state index is 12.6. The van der Waals surface area contributed by atoms with E-state index in [1.807, 2.05) is 19.9 Å². The predicted molar refractivity (Wildman–Crippen MR) is 98.2 cm³/mol. The van der Waals surface area contributed by atoms with Gasteiger partial charge in [-0.05, 0) is 62.4 Å². The van der Waals surface area contributed by atoms with Crippen molar-refractivity contribution in [2.45, 2.75) is 59.2 Å². The van der Waals surface area contributed by atoms with Crippen LogP contribution in [-0.4, -0.2) is 26.3 Å². The van der Waals surface area contributed by atoms with E-state index in [1.54, 1.807) is 4.57 Å². The normalized spacial score (nSPS) is 11.0. The zero-order valence-corrected chi connectivity index (χ0v) is 15.8. The Labute approximate surface area is 146 Å². The third-order valence-corrected chi connectivity index (χ3v) is 5.55. The number of thioether (sulfide) groups is 1. The number of carbonyl (C=O) groups is 1. The Morgan fingerprint density at radius 3 is 2.58 bits per heavy atom. The number of nitrogens with zero attached hydrogens (tertiary/aromatic N) is 2. The molecule has 0 saturated heterocycles. The number of ketones is 1.